The number of aliphatic imine (C=N–C) groups is 1. The second-order valence-corrected chi connectivity index (χ2v) is 6.49. The van der Waals surface area contributed by atoms with E-state index in [0.717, 1.165) is 38.3 Å². The number of guanidine groups is 1. The van der Waals surface area contributed by atoms with Crippen molar-refractivity contribution in [3.05, 3.63) is 22.4 Å². The predicted octanol–water partition coefficient (Wildman–Crippen LogP) is 2.06. The smallest absolute Gasteiger partial charge is 0.243 e. The minimum atomic E-state index is 0.0152. The van der Waals surface area contributed by atoms with Crippen LogP contribution in [0.3, 0.4) is 0 Å². The molecular weight excluding hydrogens is 296 g/mol. The first-order chi connectivity index (χ1) is 10.5. The fraction of sp³-hybridized carbons (Fsp3) is 0.625. The number of likely N-dealkylation sites (N-methyl/N-ethyl adjacent to an activating group) is 1. The molecule has 1 aromatic heterocycles. The van der Waals surface area contributed by atoms with Gasteiger partial charge in [0.05, 0.1) is 0 Å². The number of carbonyl (C=O) groups is 1. The topological polar surface area (TPSA) is 47.9 Å². The highest BCUT2D eigenvalue weighted by Gasteiger charge is 2.08. The van der Waals surface area contributed by atoms with Gasteiger partial charge in [-0.3, -0.25) is 4.79 Å². The van der Waals surface area contributed by atoms with E-state index in [1.165, 1.54) is 4.88 Å². The van der Waals surface area contributed by atoms with Gasteiger partial charge in [-0.05, 0) is 24.3 Å². The van der Waals surface area contributed by atoms with E-state index >= 15 is 0 Å². The first kappa shape index (κ1) is 18.5. The monoisotopic (exact) mass is 324 g/mol. The van der Waals surface area contributed by atoms with E-state index in [1.807, 2.05) is 7.05 Å². The molecule has 0 fully saturated rings. The Bertz CT molecular complexity index is 457. The molecule has 5 nitrogen and oxygen atoms in total. The lowest BCUT2D eigenvalue weighted by atomic mass is 10.3. The van der Waals surface area contributed by atoms with E-state index in [9.17, 15) is 4.79 Å². The average molecular weight is 324 g/mol. The third kappa shape index (κ3) is 6.93. The normalized spacial score (nSPS) is 11.4. The van der Waals surface area contributed by atoms with Crippen LogP contribution in [-0.4, -0.2) is 62.4 Å². The highest BCUT2D eigenvalue weighted by Crippen LogP contribution is 2.08. The summed E-state index contributed by atoms with van der Waals surface area (Å²) < 4.78 is 0. The Morgan fingerprint density at radius 3 is 2.73 bits per heavy atom. The molecule has 0 spiro atoms. The largest absolute Gasteiger partial charge is 0.356 e. The van der Waals surface area contributed by atoms with Gasteiger partial charge in [-0.2, -0.15) is 0 Å². The molecule has 0 aliphatic heterocycles. The van der Waals surface area contributed by atoms with Crippen molar-refractivity contribution in [1.29, 1.82) is 0 Å². The molecule has 1 amide bonds. The molecule has 1 heterocycles. The number of thiophene rings is 1. The summed E-state index contributed by atoms with van der Waals surface area (Å²) in [5.74, 6) is 0.821. The van der Waals surface area contributed by atoms with Crippen LogP contribution >= 0.6 is 11.3 Å². The first-order valence-corrected chi connectivity index (χ1v) is 8.64. The van der Waals surface area contributed by atoms with Gasteiger partial charge in [-0.25, -0.2) is 4.99 Å². The molecule has 6 heteroatoms. The number of amides is 1. The molecule has 1 rings (SSSR count). The maximum atomic E-state index is 11.7. The van der Waals surface area contributed by atoms with Crippen LogP contribution in [0.15, 0.2) is 22.5 Å². The molecule has 0 atom stereocenters. The summed E-state index contributed by atoms with van der Waals surface area (Å²) in [7, 11) is 5.53. The summed E-state index contributed by atoms with van der Waals surface area (Å²) in [6, 6.07) is 4.21. The van der Waals surface area contributed by atoms with E-state index in [4.69, 9.17) is 0 Å². The molecule has 0 radical (unpaired) electrons. The van der Waals surface area contributed by atoms with E-state index in [-0.39, 0.29) is 12.5 Å². The third-order valence-corrected chi connectivity index (χ3v) is 4.24. The van der Waals surface area contributed by atoms with E-state index < -0.39 is 0 Å². The van der Waals surface area contributed by atoms with Crippen LogP contribution in [0.2, 0.25) is 0 Å². The molecule has 1 aromatic rings. The summed E-state index contributed by atoms with van der Waals surface area (Å²) in [4.78, 5) is 21.2. The molecule has 0 unspecified atom stereocenters. The second kappa shape index (κ2) is 10.2. The maximum absolute atomic E-state index is 11.7. The summed E-state index contributed by atoms with van der Waals surface area (Å²) in [5.41, 5.74) is 0. The van der Waals surface area contributed by atoms with Gasteiger partial charge in [0, 0.05) is 39.1 Å². The zero-order valence-corrected chi connectivity index (χ0v) is 14.9. The van der Waals surface area contributed by atoms with Gasteiger partial charge >= 0.3 is 0 Å². The molecule has 22 heavy (non-hydrogen) atoms. The summed E-state index contributed by atoms with van der Waals surface area (Å²) >= 11 is 1.76. The fourth-order valence-corrected chi connectivity index (χ4v) is 2.56. The van der Waals surface area contributed by atoms with Crippen molar-refractivity contribution < 1.29 is 4.79 Å². The maximum Gasteiger partial charge on any atom is 0.243 e. The molecule has 124 valence electrons. The summed E-state index contributed by atoms with van der Waals surface area (Å²) in [6.45, 7) is 4.12. The van der Waals surface area contributed by atoms with Crippen molar-refractivity contribution in [2.45, 2.75) is 26.2 Å². The Balaban J connectivity index is 2.55. The zero-order chi connectivity index (χ0) is 16.4. The SMILES string of the molecule is CCCCN(C)C(=NCC(=O)N(C)C)NCCc1cccs1. The highest BCUT2D eigenvalue weighted by molar-refractivity contribution is 7.09. The number of carbonyl (C=O) groups excluding carboxylic acids is 1. The zero-order valence-electron chi connectivity index (χ0n) is 14.1. The molecule has 0 saturated heterocycles. The van der Waals surface area contributed by atoms with Crippen LogP contribution < -0.4 is 5.32 Å². The van der Waals surface area contributed by atoms with Gasteiger partial charge in [0.25, 0.3) is 0 Å². The number of hydrogen-bond acceptors (Lipinski definition) is 3. The van der Waals surface area contributed by atoms with Gasteiger partial charge in [-0.15, -0.1) is 11.3 Å². The second-order valence-electron chi connectivity index (χ2n) is 5.46. The van der Waals surface area contributed by atoms with Crippen molar-refractivity contribution in [2.75, 3.05) is 40.8 Å². The number of hydrogen-bond donors (Lipinski definition) is 1. The van der Waals surface area contributed by atoms with Crippen LogP contribution in [-0.2, 0) is 11.2 Å². The van der Waals surface area contributed by atoms with Crippen molar-refractivity contribution in [3.63, 3.8) is 0 Å². The van der Waals surface area contributed by atoms with E-state index in [2.05, 4.69) is 39.6 Å². The number of unbranched alkanes of at least 4 members (excludes halogenated alkanes) is 1. The third-order valence-electron chi connectivity index (χ3n) is 3.31. The first-order valence-electron chi connectivity index (χ1n) is 7.76. The number of nitrogens with one attached hydrogen (secondary N) is 1. The highest BCUT2D eigenvalue weighted by atomic mass is 32.1. The van der Waals surface area contributed by atoms with Crippen LogP contribution in [0.5, 0.6) is 0 Å². The average Bonchev–Trinajstić information content (AvgIpc) is 3.00. The molecule has 0 bridgehead atoms. The van der Waals surface area contributed by atoms with E-state index in [0.29, 0.717) is 0 Å². The lowest BCUT2D eigenvalue weighted by Crippen LogP contribution is -2.41. The summed E-state index contributed by atoms with van der Waals surface area (Å²) in [6.07, 6.45) is 3.23. The van der Waals surface area contributed by atoms with Crippen LogP contribution in [0.4, 0.5) is 0 Å². The van der Waals surface area contributed by atoms with Crippen molar-refractivity contribution in [1.82, 2.24) is 15.1 Å². The lowest BCUT2D eigenvalue weighted by molar-refractivity contribution is -0.127. The Labute approximate surface area is 138 Å². The van der Waals surface area contributed by atoms with Gasteiger partial charge in [0.1, 0.15) is 6.54 Å². The fourth-order valence-electron chi connectivity index (χ4n) is 1.85. The molecule has 0 saturated carbocycles. The Hall–Kier alpha value is -1.56. The summed E-state index contributed by atoms with van der Waals surface area (Å²) in [5, 5.41) is 5.46. The Morgan fingerprint density at radius 1 is 1.36 bits per heavy atom. The molecule has 0 aromatic carbocycles. The van der Waals surface area contributed by atoms with Crippen molar-refractivity contribution >= 4 is 23.2 Å². The van der Waals surface area contributed by atoms with Gasteiger partial charge in [-0.1, -0.05) is 19.4 Å². The Morgan fingerprint density at radius 2 is 2.14 bits per heavy atom. The Kier molecular flexibility index (Phi) is 8.58. The van der Waals surface area contributed by atoms with Crippen molar-refractivity contribution in [2.24, 2.45) is 4.99 Å². The molecule has 0 aliphatic carbocycles. The standard InChI is InChI=1S/C16H28N4OS/c1-5-6-11-20(4)16(18-13-15(21)19(2)3)17-10-9-14-8-7-12-22-14/h7-8,12H,5-6,9-11,13H2,1-4H3,(H,17,18). The lowest BCUT2D eigenvalue weighted by Gasteiger charge is -2.22. The molecule has 0 aliphatic rings. The van der Waals surface area contributed by atoms with Gasteiger partial charge < -0.3 is 15.1 Å². The molecule has 1 N–H and O–H groups in total. The number of rotatable bonds is 8. The van der Waals surface area contributed by atoms with Crippen LogP contribution in [0, 0.1) is 0 Å². The predicted molar refractivity (Wildman–Crippen MR) is 94.6 cm³/mol. The van der Waals surface area contributed by atoms with Crippen LogP contribution in [0.25, 0.3) is 0 Å². The molecular formula is C16H28N4OS. The quantitative estimate of drug-likeness (QED) is 0.588. The minimum Gasteiger partial charge on any atom is -0.356 e. The minimum absolute atomic E-state index is 0.0152. The van der Waals surface area contributed by atoms with E-state index in [1.54, 1.807) is 30.3 Å². The van der Waals surface area contributed by atoms with Gasteiger partial charge in [0.15, 0.2) is 5.96 Å². The van der Waals surface area contributed by atoms with Crippen LogP contribution in [0.1, 0.15) is 24.6 Å². The van der Waals surface area contributed by atoms with Crippen molar-refractivity contribution in [3.8, 4) is 0 Å². The number of nitrogens with zero attached hydrogens (tertiary/aromatic N) is 3. The van der Waals surface area contributed by atoms with Gasteiger partial charge in [0.2, 0.25) is 5.91 Å².